The summed E-state index contributed by atoms with van der Waals surface area (Å²) >= 11 is 0. The summed E-state index contributed by atoms with van der Waals surface area (Å²) < 4.78 is 46.6. The van der Waals surface area contributed by atoms with Gasteiger partial charge >= 0.3 is 19.4 Å². The van der Waals surface area contributed by atoms with Gasteiger partial charge in [-0.2, -0.15) is 8.42 Å². The van der Waals surface area contributed by atoms with E-state index in [4.69, 9.17) is 17.8 Å². The summed E-state index contributed by atoms with van der Waals surface area (Å²) in [7, 11) is -0.395. The molecule has 0 N–H and O–H groups in total. The topological polar surface area (TPSA) is 71.1 Å². The molecule has 0 aliphatic heterocycles. The van der Waals surface area contributed by atoms with Crippen molar-refractivity contribution in [1.82, 2.24) is 0 Å². The Bertz CT molecular complexity index is 835. The highest BCUT2D eigenvalue weighted by molar-refractivity contribution is 7.87. The van der Waals surface area contributed by atoms with Crippen LogP contribution in [0.3, 0.4) is 0 Å². The minimum absolute atomic E-state index is 0.0987. The Morgan fingerprint density at radius 2 is 1.63 bits per heavy atom. The van der Waals surface area contributed by atoms with Crippen LogP contribution in [0.1, 0.15) is 17.5 Å². The van der Waals surface area contributed by atoms with Gasteiger partial charge in [-0.1, -0.05) is 24.3 Å². The minimum Gasteiger partial charge on any atom is -0.493 e. The van der Waals surface area contributed by atoms with Crippen molar-refractivity contribution >= 4 is 19.4 Å². The molecule has 0 aromatic heterocycles. The second-order valence-electron chi connectivity index (χ2n) is 5.88. The molecule has 0 heterocycles. The molecule has 0 saturated heterocycles. The third-order valence-electron chi connectivity index (χ3n) is 4.16. The summed E-state index contributed by atoms with van der Waals surface area (Å²) in [5, 5.41) is 0. The molecule has 1 radical (unpaired) electrons. The number of aryl methyl sites for hydroxylation is 1. The number of hydrogen-bond acceptors (Lipinski definition) is 6. The largest absolute Gasteiger partial charge is 0.493 e. The Kier molecular flexibility index (Phi) is 7.85. The van der Waals surface area contributed by atoms with E-state index in [-0.39, 0.29) is 10.6 Å². The van der Waals surface area contributed by atoms with Gasteiger partial charge in [0, 0.05) is 19.8 Å². The molecular weight excluding hydrogens is 384 g/mol. The molecular formula is C19H25O6SSi. The summed E-state index contributed by atoms with van der Waals surface area (Å²) in [6.45, 7) is 1.96. The summed E-state index contributed by atoms with van der Waals surface area (Å²) in [5.74, 6) is 0.629. The molecule has 0 aliphatic carbocycles. The van der Waals surface area contributed by atoms with E-state index in [1.165, 1.54) is 19.2 Å². The van der Waals surface area contributed by atoms with E-state index >= 15 is 0 Å². The van der Waals surface area contributed by atoms with Gasteiger partial charge in [0.2, 0.25) is 0 Å². The average Bonchev–Trinajstić information content (AvgIpc) is 2.68. The van der Waals surface area contributed by atoms with Crippen LogP contribution >= 0.6 is 0 Å². The summed E-state index contributed by atoms with van der Waals surface area (Å²) in [4.78, 5) is 0.0987. The van der Waals surface area contributed by atoms with Crippen LogP contribution in [0.2, 0.25) is 6.04 Å². The molecule has 0 atom stereocenters. The second kappa shape index (κ2) is 9.89. The number of methoxy groups -OCH3 is 1. The lowest BCUT2D eigenvalue weighted by atomic mass is 10.0. The monoisotopic (exact) mass is 409 g/mol. The summed E-state index contributed by atoms with van der Waals surface area (Å²) in [5.41, 5.74) is 1.94. The van der Waals surface area contributed by atoms with Crippen molar-refractivity contribution in [3.05, 3.63) is 53.6 Å². The minimum atomic E-state index is -3.93. The molecule has 27 heavy (non-hydrogen) atoms. The van der Waals surface area contributed by atoms with Gasteiger partial charge in [-0.25, -0.2) is 0 Å². The van der Waals surface area contributed by atoms with Crippen LogP contribution in [0.5, 0.6) is 11.5 Å². The van der Waals surface area contributed by atoms with E-state index in [2.05, 4.69) is 0 Å². The fourth-order valence-electron chi connectivity index (χ4n) is 2.76. The van der Waals surface area contributed by atoms with Crippen molar-refractivity contribution < 1.29 is 26.2 Å². The maximum atomic E-state index is 12.5. The number of rotatable bonds is 10. The molecule has 2 aromatic rings. The lowest BCUT2D eigenvalue weighted by Gasteiger charge is -2.17. The van der Waals surface area contributed by atoms with Crippen LogP contribution in [0, 0.1) is 6.92 Å². The highest BCUT2D eigenvalue weighted by Crippen LogP contribution is 2.36. The molecule has 2 aromatic carbocycles. The molecule has 147 valence electrons. The SMILES string of the molecule is COc1c(OS(=O)(=O)c2ccccc2)ccc(C)c1CCC[Si](OC)OC. The predicted octanol–water partition coefficient (Wildman–Crippen LogP) is 3.48. The standard InChI is InChI=1S/C19H25O6SSi/c1-15-12-13-18(25-26(20,21)16-9-6-5-7-10-16)19(22-2)17(15)11-8-14-27(23-3)24-4/h5-7,9-10,12-13H,8,11,14H2,1-4H3. The van der Waals surface area contributed by atoms with Crippen LogP contribution in [0.4, 0.5) is 0 Å². The smallest absolute Gasteiger partial charge is 0.384 e. The fraction of sp³-hybridized carbons (Fsp3) is 0.368. The Morgan fingerprint density at radius 1 is 0.963 bits per heavy atom. The van der Waals surface area contributed by atoms with Crippen LogP contribution in [-0.4, -0.2) is 39.0 Å². The van der Waals surface area contributed by atoms with Crippen LogP contribution < -0.4 is 8.92 Å². The predicted molar refractivity (Wildman–Crippen MR) is 105 cm³/mol. The molecule has 6 nitrogen and oxygen atoms in total. The van der Waals surface area contributed by atoms with Gasteiger partial charge in [-0.05, 0) is 49.6 Å². The van der Waals surface area contributed by atoms with Gasteiger partial charge in [-0.3, -0.25) is 0 Å². The Hall–Kier alpha value is -1.87. The number of benzene rings is 2. The van der Waals surface area contributed by atoms with Crippen molar-refractivity contribution in [1.29, 1.82) is 0 Å². The van der Waals surface area contributed by atoms with E-state index in [0.717, 1.165) is 23.6 Å². The third-order valence-corrected chi connectivity index (χ3v) is 7.08. The molecule has 0 aliphatic rings. The summed E-state index contributed by atoms with van der Waals surface area (Å²) in [6, 6.07) is 12.3. The zero-order valence-electron chi connectivity index (χ0n) is 16.0. The third kappa shape index (κ3) is 5.55. The van der Waals surface area contributed by atoms with Gasteiger partial charge in [0.25, 0.3) is 0 Å². The van der Waals surface area contributed by atoms with Gasteiger partial charge in [-0.15, -0.1) is 0 Å². The van der Waals surface area contributed by atoms with Gasteiger partial charge < -0.3 is 17.8 Å². The number of ether oxygens (including phenoxy) is 1. The molecule has 0 bridgehead atoms. The lowest BCUT2D eigenvalue weighted by molar-refractivity contribution is 0.276. The molecule has 0 fully saturated rings. The van der Waals surface area contributed by atoms with Crippen molar-refractivity contribution in [2.24, 2.45) is 0 Å². The van der Waals surface area contributed by atoms with E-state index in [0.29, 0.717) is 12.2 Å². The first-order valence-electron chi connectivity index (χ1n) is 8.52. The summed E-state index contributed by atoms with van der Waals surface area (Å²) in [6.07, 6.45) is 1.54. The quantitative estimate of drug-likeness (QED) is 0.442. The molecule has 2 rings (SSSR count). The van der Waals surface area contributed by atoms with Gasteiger partial charge in [0.05, 0.1) is 7.11 Å². The zero-order valence-corrected chi connectivity index (χ0v) is 17.8. The first kappa shape index (κ1) is 21.4. The van der Waals surface area contributed by atoms with Crippen molar-refractivity contribution in [2.75, 3.05) is 21.3 Å². The normalized spacial score (nSPS) is 11.6. The molecule has 0 amide bonds. The van der Waals surface area contributed by atoms with E-state index in [1.54, 1.807) is 38.5 Å². The van der Waals surface area contributed by atoms with Crippen molar-refractivity contribution in [2.45, 2.75) is 30.7 Å². The van der Waals surface area contributed by atoms with E-state index < -0.39 is 19.4 Å². The van der Waals surface area contributed by atoms with Crippen LogP contribution in [-0.2, 0) is 25.4 Å². The average molecular weight is 410 g/mol. The molecule has 8 heteroatoms. The second-order valence-corrected chi connectivity index (χ2v) is 9.48. The van der Waals surface area contributed by atoms with Gasteiger partial charge in [0.1, 0.15) is 4.90 Å². The number of hydrogen-bond donors (Lipinski definition) is 0. The highest BCUT2D eigenvalue weighted by atomic mass is 32.2. The fourth-order valence-corrected chi connectivity index (χ4v) is 4.75. The maximum absolute atomic E-state index is 12.5. The molecule has 0 unspecified atom stereocenters. The maximum Gasteiger partial charge on any atom is 0.384 e. The van der Waals surface area contributed by atoms with Crippen molar-refractivity contribution in [3.8, 4) is 11.5 Å². The zero-order chi connectivity index (χ0) is 19.9. The van der Waals surface area contributed by atoms with Gasteiger partial charge in [0.15, 0.2) is 11.5 Å². The lowest BCUT2D eigenvalue weighted by Crippen LogP contribution is -2.18. The van der Waals surface area contributed by atoms with Crippen LogP contribution in [0.15, 0.2) is 47.4 Å². The highest BCUT2D eigenvalue weighted by Gasteiger charge is 2.22. The first-order valence-corrected chi connectivity index (χ1v) is 11.5. The van der Waals surface area contributed by atoms with Crippen molar-refractivity contribution in [3.63, 3.8) is 0 Å². The first-order chi connectivity index (χ1) is 12.9. The Labute approximate surface area is 163 Å². The Morgan fingerprint density at radius 3 is 2.22 bits per heavy atom. The molecule has 0 spiro atoms. The van der Waals surface area contributed by atoms with E-state index in [9.17, 15) is 8.42 Å². The Balaban J connectivity index is 2.25. The van der Waals surface area contributed by atoms with E-state index in [1.807, 2.05) is 13.0 Å². The van der Waals surface area contributed by atoms with Crippen LogP contribution in [0.25, 0.3) is 0 Å². The molecule has 0 saturated carbocycles.